The van der Waals surface area contributed by atoms with E-state index < -0.39 is 5.60 Å². The predicted octanol–water partition coefficient (Wildman–Crippen LogP) is 4.80. The Morgan fingerprint density at radius 2 is 1.81 bits per heavy atom. The van der Waals surface area contributed by atoms with Gasteiger partial charge in [0.05, 0.1) is 12.7 Å². The van der Waals surface area contributed by atoms with Crippen molar-refractivity contribution in [2.75, 3.05) is 21.2 Å². The lowest BCUT2D eigenvalue weighted by Gasteiger charge is -2.46. The summed E-state index contributed by atoms with van der Waals surface area (Å²) in [4.78, 5) is 2.25. The standard InChI is InChI=1S/C22H29NO2.ClH/c1-23(2)21(17-10-5-4-6-11-17)20-14-7-8-15-22(20,24)18-12-9-13-19(16-18)25-3;/h4-6,9-13,16,20-21,24H,7-8,14-15H2,1-3H3;1H. The maximum absolute atomic E-state index is 11.8. The molecule has 0 spiro atoms. The van der Waals surface area contributed by atoms with Crippen molar-refractivity contribution < 1.29 is 9.84 Å². The Bertz CT molecular complexity index is 692. The molecule has 3 unspecified atom stereocenters. The zero-order chi connectivity index (χ0) is 17.9. The summed E-state index contributed by atoms with van der Waals surface area (Å²) < 4.78 is 5.40. The Morgan fingerprint density at radius 1 is 1.08 bits per heavy atom. The fraction of sp³-hybridized carbons (Fsp3) is 0.455. The molecule has 1 N–H and O–H groups in total. The van der Waals surface area contributed by atoms with Crippen LogP contribution in [0.5, 0.6) is 5.75 Å². The second kappa shape index (κ2) is 8.90. The molecule has 0 amide bonds. The second-order valence-electron chi connectivity index (χ2n) is 7.33. The van der Waals surface area contributed by atoms with E-state index in [-0.39, 0.29) is 24.4 Å². The molecule has 4 heteroatoms. The van der Waals surface area contributed by atoms with Gasteiger partial charge in [-0.1, -0.05) is 55.3 Å². The van der Waals surface area contributed by atoms with Crippen molar-refractivity contribution >= 4 is 12.4 Å². The first-order valence-electron chi connectivity index (χ1n) is 9.14. The second-order valence-corrected chi connectivity index (χ2v) is 7.33. The van der Waals surface area contributed by atoms with Gasteiger partial charge in [0.15, 0.2) is 0 Å². The maximum atomic E-state index is 11.8. The summed E-state index contributed by atoms with van der Waals surface area (Å²) in [5.74, 6) is 0.946. The van der Waals surface area contributed by atoms with Gasteiger partial charge < -0.3 is 14.7 Å². The molecule has 0 heterocycles. The number of nitrogens with zero attached hydrogens (tertiary/aromatic N) is 1. The first-order valence-corrected chi connectivity index (χ1v) is 9.14. The van der Waals surface area contributed by atoms with Crippen LogP contribution in [-0.2, 0) is 5.60 Å². The topological polar surface area (TPSA) is 32.7 Å². The van der Waals surface area contributed by atoms with Gasteiger partial charge in [0.1, 0.15) is 5.75 Å². The first kappa shape index (κ1) is 20.8. The molecule has 2 aromatic carbocycles. The van der Waals surface area contributed by atoms with Crippen LogP contribution < -0.4 is 4.74 Å². The number of rotatable bonds is 5. The summed E-state index contributed by atoms with van der Waals surface area (Å²) in [5, 5.41) is 11.8. The van der Waals surface area contributed by atoms with Crippen LogP contribution in [0.3, 0.4) is 0 Å². The molecule has 0 radical (unpaired) electrons. The van der Waals surface area contributed by atoms with Crippen molar-refractivity contribution in [3.8, 4) is 5.75 Å². The van der Waals surface area contributed by atoms with E-state index in [1.165, 1.54) is 5.56 Å². The quantitative estimate of drug-likeness (QED) is 0.814. The highest BCUT2D eigenvalue weighted by atomic mass is 35.5. The van der Waals surface area contributed by atoms with Gasteiger partial charge in [-0.25, -0.2) is 0 Å². The van der Waals surface area contributed by atoms with Crippen LogP contribution in [0.4, 0.5) is 0 Å². The van der Waals surface area contributed by atoms with Crippen LogP contribution in [0.1, 0.15) is 42.9 Å². The van der Waals surface area contributed by atoms with E-state index in [9.17, 15) is 5.11 Å². The molecule has 0 aromatic heterocycles. The fourth-order valence-corrected chi connectivity index (χ4v) is 4.39. The minimum absolute atomic E-state index is 0. The third-order valence-electron chi connectivity index (χ3n) is 5.58. The average Bonchev–Trinajstić information content (AvgIpc) is 2.64. The van der Waals surface area contributed by atoms with Crippen LogP contribution in [-0.4, -0.2) is 31.2 Å². The summed E-state index contributed by atoms with van der Waals surface area (Å²) in [7, 11) is 5.89. The summed E-state index contributed by atoms with van der Waals surface area (Å²) in [6.07, 6.45) is 4.03. The van der Waals surface area contributed by atoms with E-state index in [1.54, 1.807) is 7.11 Å². The normalized spacial score (nSPS) is 24.0. The lowest BCUT2D eigenvalue weighted by Crippen LogP contribution is -2.45. The highest BCUT2D eigenvalue weighted by Gasteiger charge is 2.45. The zero-order valence-electron chi connectivity index (χ0n) is 15.9. The molecule has 3 atom stereocenters. The summed E-state index contributed by atoms with van der Waals surface area (Å²) >= 11 is 0. The third-order valence-corrected chi connectivity index (χ3v) is 5.58. The number of hydrogen-bond donors (Lipinski definition) is 1. The lowest BCUT2D eigenvalue weighted by molar-refractivity contribution is -0.0838. The summed E-state index contributed by atoms with van der Waals surface area (Å²) in [5.41, 5.74) is 1.40. The van der Waals surface area contributed by atoms with Gasteiger partial charge in [-0.3, -0.25) is 0 Å². The summed E-state index contributed by atoms with van der Waals surface area (Å²) in [6.45, 7) is 0. The first-order chi connectivity index (χ1) is 12.1. The number of ether oxygens (including phenoxy) is 1. The van der Waals surface area contributed by atoms with Crippen LogP contribution >= 0.6 is 12.4 Å². The van der Waals surface area contributed by atoms with E-state index in [0.717, 1.165) is 37.0 Å². The Morgan fingerprint density at radius 3 is 2.46 bits per heavy atom. The number of halogens is 1. The van der Waals surface area contributed by atoms with Gasteiger partial charge in [-0.05, 0) is 50.2 Å². The smallest absolute Gasteiger partial charge is 0.119 e. The third kappa shape index (κ3) is 4.06. The van der Waals surface area contributed by atoms with Gasteiger partial charge in [-0.15, -0.1) is 12.4 Å². The van der Waals surface area contributed by atoms with Crippen LogP contribution in [0, 0.1) is 5.92 Å². The minimum atomic E-state index is -0.836. The number of hydrogen-bond acceptors (Lipinski definition) is 3. The molecule has 1 saturated carbocycles. The highest BCUT2D eigenvalue weighted by molar-refractivity contribution is 5.85. The van der Waals surface area contributed by atoms with E-state index in [2.05, 4.69) is 43.3 Å². The van der Waals surface area contributed by atoms with Gasteiger partial charge in [-0.2, -0.15) is 0 Å². The molecule has 1 aliphatic carbocycles. The van der Waals surface area contributed by atoms with E-state index in [1.807, 2.05) is 30.3 Å². The van der Waals surface area contributed by atoms with Crippen LogP contribution in [0.25, 0.3) is 0 Å². The fourth-order valence-electron chi connectivity index (χ4n) is 4.39. The molecule has 1 fully saturated rings. The van der Waals surface area contributed by atoms with E-state index in [4.69, 9.17) is 4.74 Å². The molecule has 3 nitrogen and oxygen atoms in total. The van der Waals surface area contributed by atoms with Crippen molar-refractivity contribution in [2.45, 2.75) is 37.3 Å². The number of aliphatic hydroxyl groups is 1. The van der Waals surface area contributed by atoms with Gasteiger partial charge in [0, 0.05) is 12.0 Å². The molecule has 1 aliphatic rings. The number of benzene rings is 2. The van der Waals surface area contributed by atoms with Gasteiger partial charge in [0.25, 0.3) is 0 Å². The Labute approximate surface area is 163 Å². The molecule has 26 heavy (non-hydrogen) atoms. The van der Waals surface area contributed by atoms with Crippen LogP contribution in [0.2, 0.25) is 0 Å². The maximum Gasteiger partial charge on any atom is 0.119 e. The van der Waals surface area contributed by atoms with Crippen molar-refractivity contribution in [3.63, 3.8) is 0 Å². The van der Waals surface area contributed by atoms with E-state index >= 15 is 0 Å². The molecular formula is C22H30ClNO2. The Balaban J connectivity index is 0.00000243. The SMILES string of the molecule is COc1cccc(C2(O)CCCCC2C(c2ccccc2)N(C)C)c1.Cl. The predicted molar refractivity (Wildman–Crippen MR) is 109 cm³/mol. The molecule has 2 aromatic rings. The summed E-state index contributed by atoms with van der Waals surface area (Å²) in [6, 6.07) is 18.7. The van der Waals surface area contributed by atoms with Crippen LogP contribution in [0.15, 0.2) is 54.6 Å². The molecule has 142 valence electrons. The van der Waals surface area contributed by atoms with Crippen molar-refractivity contribution in [1.29, 1.82) is 0 Å². The molecular weight excluding hydrogens is 346 g/mol. The van der Waals surface area contributed by atoms with Crippen molar-refractivity contribution in [1.82, 2.24) is 4.90 Å². The van der Waals surface area contributed by atoms with E-state index in [0.29, 0.717) is 0 Å². The largest absolute Gasteiger partial charge is 0.497 e. The number of methoxy groups -OCH3 is 1. The van der Waals surface area contributed by atoms with Gasteiger partial charge in [0.2, 0.25) is 0 Å². The zero-order valence-corrected chi connectivity index (χ0v) is 16.7. The molecule has 3 rings (SSSR count). The average molecular weight is 376 g/mol. The lowest BCUT2D eigenvalue weighted by atomic mass is 9.67. The Hall–Kier alpha value is -1.55. The Kier molecular flexibility index (Phi) is 7.10. The molecule has 0 bridgehead atoms. The minimum Gasteiger partial charge on any atom is -0.497 e. The molecule has 0 saturated heterocycles. The van der Waals surface area contributed by atoms with Crippen molar-refractivity contribution in [2.24, 2.45) is 5.92 Å². The monoisotopic (exact) mass is 375 g/mol. The highest BCUT2D eigenvalue weighted by Crippen LogP contribution is 2.49. The molecule has 0 aliphatic heterocycles. The van der Waals surface area contributed by atoms with Crippen molar-refractivity contribution in [3.05, 3.63) is 65.7 Å². The van der Waals surface area contributed by atoms with Gasteiger partial charge >= 0.3 is 0 Å².